The van der Waals surface area contributed by atoms with Crippen LogP contribution in [0.15, 0.2) is 24.3 Å². The van der Waals surface area contributed by atoms with E-state index in [0.717, 1.165) is 35.2 Å². The van der Waals surface area contributed by atoms with Gasteiger partial charge in [-0.15, -0.1) is 0 Å². The molecule has 4 nitrogen and oxygen atoms in total. The summed E-state index contributed by atoms with van der Waals surface area (Å²) >= 11 is 0. The maximum Gasteiger partial charge on any atom is 0.169 e. The van der Waals surface area contributed by atoms with E-state index in [9.17, 15) is 0 Å². The minimum atomic E-state index is 0.496. The summed E-state index contributed by atoms with van der Waals surface area (Å²) < 4.78 is 0. The number of para-hydroxylation sites is 2. The summed E-state index contributed by atoms with van der Waals surface area (Å²) in [5.74, 6) is 2.90. The lowest BCUT2D eigenvalue weighted by molar-refractivity contribution is 0.278. The van der Waals surface area contributed by atoms with Gasteiger partial charge in [-0.3, -0.25) is 0 Å². The van der Waals surface area contributed by atoms with Gasteiger partial charge in [-0.05, 0) is 36.8 Å². The number of nitrogens with two attached hydrogens (primary N) is 1. The molecule has 1 aromatic heterocycles. The topological polar surface area (TPSA) is 63.8 Å². The highest BCUT2D eigenvalue weighted by Crippen LogP contribution is 2.31. The molecule has 1 aromatic carbocycles. The lowest BCUT2D eigenvalue weighted by Crippen LogP contribution is -2.21. The van der Waals surface area contributed by atoms with Gasteiger partial charge in [0, 0.05) is 6.54 Å². The van der Waals surface area contributed by atoms with Crippen LogP contribution in [0, 0.1) is 11.8 Å². The molecule has 1 aliphatic rings. The predicted molar refractivity (Wildman–Crippen MR) is 88.2 cm³/mol. The van der Waals surface area contributed by atoms with Crippen molar-refractivity contribution in [2.45, 2.75) is 39.0 Å². The van der Waals surface area contributed by atoms with Gasteiger partial charge in [0.05, 0.1) is 11.0 Å². The number of nitrogens with zero attached hydrogens (tertiary/aromatic N) is 2. The van der Waals surface area contributed by atoms with Gasteiger partial charge in [0.25, 0.3) is 0 Å². The van der Waals surface area contributed by atoms with Crippen molar-refractivity contribution in [2.75, 3.05) is 17.6 Å². The Hall–Kier alpha value is -1.84. The highest BCUT2D eigenvalue weighted by atomic mass is 15.1. The minimum absolute atomic E-state index is 0.496. The van der Waals surface area contributed by atoms with Gasteiger partial charge in [-0.2, -0.15) is 0 Å². The van der Waals surface area contributed by atoms with Crippen molar-refractivity contribution < 1.29 is 0 Å². The first-order chi connectivity index (χ1) is 10.3. The predicted octanol–water partition coefficient (Wildman–Crippen LogP) is 3.84. The van der Waals surface area contributed by atoms with Gasteiger partial charge in [0.1, 0.15) is 0 Å². The third kappa shape index (κ3) is 3.26. The molecule has 21 heavy (non-hydrogen) atoms. The molecular formula is C17H24N4. The molecule has 1 fully saturated rings. The summed E-state index contributed by atoms with van der Waals surface area (Å²) in [6.45, 7) is 3.25. The fraction of sp³-hybridized carbons (Fsp3) is 0.529. The molecule has 0 bridgehead atoms. The van der Waals surface area contributed by atoms with E-state index in [-0.39, 0.29) is 0 Å². The summed E-state index contributed by atoms with van der Waals surface area (Å²) in [7, 11) is 0. The highest BCUT2D eigenvalue weighted by Gasteiger charge is 2.20. The molecular weight excluding hydrogens is 260 g/mol. The van der Waals surface area contributed by atoms with Crippen molar-refractivity contribution in [3.05, 3.63) is 24.3 Å². The highest BCUT2D eigenvalue weighted by molar-refractivity contribution is 5.79. The van der Waals surface area contributed by atoms with Crippen molar-refractivity contribution in [2.24, 2.45) is 11.8 Å². The quantitative estimate of drug-likeness (QED) is 0.895. The Balaban J connectivity index is 1.64. The maximum absolute atomic E-state index is 6.01. The summed E-state index contributed by atoms with van der Waals surface area (Å²) in [5.41, 5.74) is 7.75. The first kappa shape index (κ1) is 14.1. The van der Waals surface area contributed by atoms with Crippen molar-refractivity contribution in [3.63, 3.8) is 0 Å². The molecule has 0 saturated heterocycles. The molecule has 2 aromatic rings. The third-order valence-corrected chi connectivity index (χ3v) is 4.70. The van der Waals surface area contributed by atoms with Gasteiger partial charge in [-0.1, -0.05) is 38.3 Å². The number of fused-ring (bicyclic) bond motifs is 1. The van der Waals surface area contributed by atoms with Gasteiger partial charge in [-0.25, -0.2) is 9.97 Å². The zero-order valence-electron chi connectivity index (χ0n) is 12.7. The van der Waals surface area contributed by atoms with E-state index >= 15 is 0 Å². The molecule has 1 aliphatic carbocycles. The number of aromatic nitrogens is 2. The molecule has 0 spiro atoms. The fourth-order valence-corrected chi connectivity index (χ4v) is 3.23. The second-order valence-electron chi connectivity index (χ2n) is 6.12. The lowest BCUT2D eigenvalue weighted by atomic mass is 9.81. The number of anilines is 2. The Morgan fingerprint density at radius 3 is 2.33 bits per heavy atom. The Morgan fingerprint density at radius 1 is 1.05 bits per heavy atom. The normalized spacial score (nSPS) is 22.3. The van der Waals surface area contributed by atoms with Crippen molar-refractivity contribution in [1.82, 2.24) is 9.97 Å². The molecule has 112 valence electrons. The van der Waals surface area contributed by atoms with E-state index in [1.807, 2.05) is 24.3 Å². The van der Waals surface area contributed by atoms with E-state index in [0.29, 0.717) is 5.82 Å². The number of hydrogen-bond acceptors (Lipinski definition) is 4. The Bertz CT molecular complexity index is 603. The molecule has 0 atom stereocenters. The molecule has 1 saturated carbocycles. The maximum atomic E-state index is 6.01. The summed E-state index contributed by atoms with van der Waals surface area (Å²) in [5, 5.41) is 3.41. The van der Waals surface area contributed by atoms with Crippen molar-refractivity contribution >= 4 is 22.7 Å². The largest absolute Gasteiger partial charge is 0.381 e. The van der Waals surface area contributed by atoms with Gasteiger partial charge >= 0.3 is 0 Å². The van der Waals surface area contributed by atoms with E-state index in [1.54, 1.807) is 0 Å². The average molecular weight is 284 g/mol. The second kappa shape index (κ2) is 6.29. The molecule has 3 rings (SSSR count). The molecule has 0 radical (unpaired) electrons. The fourth-order valence-electron chi connectivity index (χ4n) is 3.23. The van der Waals surface area contributed by atoms with E-state index < -0.39 is 0 Å². The van der Waals surface area contributed by atoms with E-state index in [1.165, 1.54) is 32.1 Å². The Morgan fingerprint density at radius 2 is 1.67 bits per heavy atom. The van der Waals surface area contributed by atoms with Crippen LogP contribution >= 0.6 is 0 Å². The monoisotopic (exact) mass is 284 g/mol. The van der Waals surface area contributed by atoms with Crippen LogP contribution in [0.3, 0.4) is 0 Å². The summed E-state index contributed by atoms with van der Waals surface area (Å²) in [6.07, 6.45) is 6.67. The van der Waals surface area contributed by atoms with Crippen LogP contribution < -0.4 is 11.1 Å². The summed E-state index contributed by atoms with van der Waals surface area (Å²) in [6, 6.07) is 7.84. The van der Waals surface area contributed by atoms with Gasteiger partial charge < -0.3 is 11.1 Å². The first-order valence-corrected chi connectivity index (χ1v) is 8.02. The number of nitrogens with one attached hydrogen (secondary N) is 1. The van der Waals surface area contributed by atoms with Crippen LogP contribution in [0.25, 0.3) is 11.0 Å². The molecule has 3 N–H and O–H groups in total. The Kier molecular flexibility index (Phi) is 4.23. The SMILES string of the molecule is CCC1CCC(CNc2nc3ccccc3nc2N)CC1. The van der Waals surface area contributed by atoms with Crippen LogP contribution in [0.1, 0.15) is 39.0 Å². The van der Waals surface area contributed by atoms with E-state index in [4.69, 9.17) is 5.73 Å². The molecule has 0 aliphatic heterocycles. The standard InChI is InChI=1S/C17H24N4/c1-2-12-7-9-13(10-8-12)11-19-17-16(18)20-14-5-3-4-6-15(14)21-17/h3-6,12-13H,2,7-11H2,1H3,(H2,18,20)(H,19,21). The van der Waals surface area contributed by atoms with Crippen LogP contribution in [-0.2, 0) is 0 Å². The molecule has 1 heterocycles. The number of rotatable bonds is 4. The third-order valence-electron chi connectivity index (χ3n) is 4.70. The van der Waals surface area contributed by atoms with E-state index in [2.05, 4.69) is 22.2 Å². The smallest absolute Gasteiger partial charge is 0.169 e. The van der Waals surface area contributed by atoms with Crippen LogP contribution in [0.5, 0.6) is 0 Å². The molecule has 0 unspecified atom stereocenters. The number of nitrogen functional groups attached to an aromatic ring is 1. The van der Waals surface area contributed by atoms with Crippen molar-refractivity contribution in [3.8, 4) is 0 Å². The Labute approximate surface area is 126 Å². The molecule has 0 amide bonds. The van der Waals surface area contributed by atoms with Gasteiger partial charge in [0.15, 0.2) is 11.6 Å². The molecule has 4 heteroatoms. The van der Waals surface area contributed by atoms with Crippen LogP contribution in [0.2, 0.25) is 0 Å². The first-order valence-electron chi connectivity index (χ1n) is 8.02. The lowest BCUT2D eigenvalue weighted by Gasteiger charge is -2.28. The number of benzene rings is 1. The number of hydrogen-bond donors (Lipinski definition) is 2. The summed E-state index contributed by atoms with van der Waals surface area (Å²) in [4.78, 5) is 9.01. The van der Waals surface area contributed by atoms with Gasteiger partial charge in [0.2, 0.25) is 0 Å². The second-order valence-corrected chi connectivity index (χ2v) is 6.12. The zero-order valence-corrected chi connectivity index (χ0v) is 12.7. The van der Waals surface area contributed by atoms with Crippen LogP contribution in [0.4, 0.5) is 11.6 Å². The van der Waals surface area contributed by atoms with Crippen molar-refractivity contribution in [1.29, 1.82) is 0 Å². The zero-order chi connectivity index (χ0) is 14.7. The van der Waals surface area contributed by atoms with Crippen LogP contribution in [-0.4, -0.2) is 16.5 Å². The minimum Gasteiger partial charge on any atom is -0.381 e. The average Bonchev–Trinajstić information content (AvgIpc) is 2.53.